The molecule has 0 bridgehead atoms. The van der Waals surface area contributed by atoms with E-state index < -0.39 is 5.91 Å². The van der Waals surface area contributed by atoms with E-state index in [9.17, 15) is 9.59 Å². The van der Waals surface area contributed by atoms with Gasteiger partial charge in [-0.15, -0.1) is 0 Å². The van der Waals surface area contributed by atoms with Crippen LogP contribution in [0.3, 0.4) is 0 Å². The second-order valence-corrected chi connectivity index (χ2v) is 6.97. The molecule has 1 atom stereocenters. The van der Waals surface area contributed by atoms with Gasteiger partial charge in [0.25, 0.3) is 5.91 Å². The highest BCUT2D eigenvalue weighted by Gasteiger charge is 2.31. The minimum Gasteiger partial charge on any atom is -0.364 e. The van der Waals surface area contributed by atoms with Crippen LogP contribution >= 0.6 is 0 Å². The Labute approximate surface area is 131 Å². The topological polar surface area (TPSA) is 89.2 Å². The van der Waals surface area contributed by atoms with E-state index in [1.165, 1.54) is 6.33 Å². The second-order valence-electron chi connectivity index (χ2n) is 6.97. The Hall–Kier alpha value is -1.98. The summed E-state index contributed by atoms with van der Waals surface area (Å²) in [6, 6.07) is 1.65. The fourth-order valence-corrected chi connectivity index (χ4v) is 2.83. The first-order chi connectivity index (χ1) is 10.3. The van der Waals surface area contributed by atoms with Crippen LogP contribution in [0.1, 0.15) is 49.8 Å². The van der Waals surface area contributed by atoms with Gasteiger partial charge in [0.2, 0.25) is 5.91 Å². The summed E-state index contributed by atoms with van der Waals surface area (Å²) in [4.78, 5) is 33.6. The maximum absolute atomic E-state index is 12.4. The fourth-order valence-electron chi connectivity index (χ4n) is 2.83. The Bertz CT molecular complexity index is 566. The summed E-state index contributed by atoms with van der Waals surface area (Å²) in [7, 11) is 0. The first kappa shape index (κ1) is 16.4. The van der Waals surface area contributed by atoms with Crippen LogP contribution in [0.2, 0.25) is 0 Å². The van der Waals surface area contributed by atoms with Crippen molar-refractivity contribution in [1.29, 1.82) is 0 Å². The zero-order valence-corrected chi connectivity index (χ0v) is 13.5. The van der Waals surface area contributed by atoms with Crippen LogP contribution < -0.4 is 5.73 Å². The SMILES string of the molecule is CC(C)(C)C(=O)N1CCC[C@@H](Cc2cc(C(N)=O)ncn2)C1. The average molecular weight is 304 g/mol. The molecule has 1 saturated heterocycles. The van der Waals surface area contributed by atoms with Crippen molar-refractivity contribution in [3.05, 3.63) is 23.8 Å². The predicted octanol–water partition coefficient (Wildman–Crippen LogP) is 1.40. The molecule has 22 heavy (non-hydrogen) atoms. The maximum atomic E-state index is 12.4. The lowest BCUT2D eigenvalue weighted by Gasteiger charge is -2.36. The van der Waals surface area contributed by atoms with Crippen LogP contribution in [-0.4, -0.2) is 39.8 Å². The third kappa shape index (κ3) is 4.02. The van der Waals surface area contributed by atoms with Crippen molar-refractivity contribution in [2.24, 2.45) is 17.1 Å². The molecule has 0 aliphatic carbocycles. The van der Waals surface area contributed by atoms with Gasteiger partial charge in [-0.3, -0.25) is 9.59 Å². The van der Waals surface area contributed by atoms with E-state index in [1.807, 2.05) is 25.7 Å². The lowest BCUT2D eigenvalue weighted by molar-refractivity contribution is -0.141. The minimum absolute atomic E-state index is 0.192. The number of amides is 2. The highest BCUT2D eigenvalue weighted by atomic mass is 16.2. The summed E-state index contributed by atoms with van der Waals surface area (Å²) in [6.45, 7) is 7.41. The van der Waals surface area contributed by atoms with E-state index in [-0.39, 0.29) is 17.0 Å². The smallest absolute Gasteiger partial charge is 0.267 e. The van der Waals surface area contributed by atoms with Gasteiger partial charge in [0.1, 0.15) is 12.0 Å². The first-order valence-corrected chi connectivity index (χ1v) is 7.67. The molecule has 6 heteroatoms. The van der Waals surface area contributed by atoms with Gasteiger partial charge < -0.3 is 10.6 Å². The van der Waals surface area contributed by atoms with Gasteiger partial charge in [-0.1, -0.05) is 20.8 Å². The number of nitrogens with zero attached hydrogens (tertiary/aromatic N) is 3. The Kier molecular flexibility index (Phi) is 4.78. The van der Waals surface area contributed by atoms with Gasteiger partial charge in [0.15, 0.2) is 0 Å². The molecular formula is C16H24N4O2. The van der Waals surface area contributed by atoms with Crippen LogP contribution in [-0.2, 0) is 11.2 Å². The molecule has 120 valence electrons. The number of hydrogen-bond acceptors (Lipinski definition) is 4. The largest absolute Gasteiger partial charge is 0.364 e. The summed E-state index contributed by atoms with van der Waals surface area (Å²) in [5.41, 5.74) is 5.94. The number of rotatable bonds is 3. The van der Waals surface area contributed by atoms with Crippen LogP contribution in [0.15, 0.2) is 12.4 Å². The average Bonchev–Trinajstić information content (AvgIpc) is 2.46. The van der Waals surface area contributed by atoms with E-state index >= 15 is 0 Å². The molecule has 6 nitrogen and oxygen atoms in total. The maximum Gasteiger partial charge on any atom is 0.267 e. The summed E-state index contributed by atoms with van der Waals surface area (Å²) < 4.78 is 0. The van der Waals surface area contributed by atoms with Crippen molar-refractivity contribution in [2.75, 3.05) is 13.1 Å². The van der Waals surface area contributed by atoms with Gasteiger partial charge >= 0.3 is 0 Å². The van der Waals surface area contributed by atoms with Crippen molar-refractivity contribution < 1.29 is 9.59 Å². The number of nitrogens with two attached hydrogens (primary N) is 1. The van der Waals surface area contributed by atoms with Gasteiger partial charge in [0, 0.05) is 24.2 Å². The van der Waals surface area contributed by atoms with Crippen molar-refractivity contribution in [2.45, 2.75) is 40.0 Å². The standard InChI is InChI=1S/C16H24N4O2/c1-16(2,3)15(22)20-6-4-5-11(9-20)7-12-8-13(14(17)21)19-10-18-12/h8,10-11H,4-7,9H2,1-3H3,(H2,17,21)/t11-/m0/s1. The summed E-state index contributed by atoms with van der Waals surface area (Å²) in [6.07, 6.45) is 4.16. The molecule has 2 rings (SSSR count). The van der Waals surface area contributed by atoms with Crippen LogP contribution in [0.25, 0.3) is 0 Å². The minimum atomic E-state index is -0.545. The van der Waals surface area contributed by atoms with E-state index in [0.29, 0.717) is 5.92 Å². The molecule has 1 aliphatic heterocycles. The number of carbonyl (C=O) groups is 2. The normalized spacial score (nSPS) is 19.0. The van der Waals surface area contributed by atoms with Crippen molar-refractivity contribution in [3.63, 3.8) is 0 Å². The zero-order chi connectivity index (χ0) is 16.3. The Morgan fingerprint density at radius 1 is 1.36 bits per heavy atom. The van der Waals surface area contributed by atoms with E-state index in [2.05, 4.69) is 9.97 Å². The van der Waals surface area contributed by atoms with Crippen molar-refractivity contribution in [1.82, 2.24) is 14.9 Å². The van der Waals surface area contributed by atoms with Gasteiger partial charge in [-0.25, -0.2) is 9.97 Å². The molecule has 0 saturated carbocycles. The molecule has 2 amide bonds. The Balaban J connectivity index is 2.03. The molecule has 0 spiro atoms. The second kappa shape index (κ2) is 6.42. The lowest BCUT2D eigenvalue weighted by atomic mass is 9.89. The van der Waals surface area contributed by atoms with Gasteiger partial charge in [-0.2, -0.15) is 0 Å². The number of hydrogen-bond donors (Lipinski definition) is 1. The first-order valence-electron chi connectivity index (χ1n) is 7.67. The number of primary amides is 1. The van der Waals surface area contributed by atoms with E-state index in [1.54, 1.807) is 6.07 Å². The Morgan fingerprint density at radius 2 is 2.09 bits per heavy atom. The zero-order valence-electron chi connectivity index (χ0n) is 13.5. The van der Waals surface area contributed by atoms with Crippen LogP contribution in [0.5, 0.6) is 0 Å². The molecule has 0 unspecified atom stereocenters. The molecule has 1 aromatic rings. The molecule has 0 aromatic carbocycles. The Morgan fingerprint density at radius 3 is 2.73 bits per heavy atom. The molecule has 2 N–H and O–H groups in total. The van der Waals surface area contributed by atoms with Crippen LogP contribution in [0, 0.1) is 11.3 Å². The van der Waals surface area contributed by atoms with Crippen molar-refractivity contribution in [3.8, 4) is 0 Å². The quantitative estimate of drug-likeness (QED) is 0.914. The fraction of sp³-hybridized carbons (Fsp3) is 0.625. The number of likely N-dealkylation sites (tertiary alicyclic amines) is 1. The molecule has 1 aromatic heterocycles. The third-order valence-corrected chi connectivity index (χ3v) is 3.92. The highest BCUT2D eigenvalue weighted by molar-refractivity contribution is 5.90. The van der Waals surface area contributed by atoms with Gasteiger partial charge in [0.05, 0.1) is 0 Å². The highest BCUT2D eigenvalue weighted by Crippen LogP contribution is 2.25. The van der Waals surface area contributed by atoms with E-state index in [0.717, 1.165) is 38.0 Å². The molecular weight excluding hydrogens is 280 g/mol. The molecule has 0 radical (unpaired) electrons. The monoisotopic (exact) mass is 304 g/mol. The van der Waals surface area contributed by atoms with Gasteiger partial charge in [-0.05, 0) is 31.2 Å². The predicted molar refractivity (Wildman–Crippen MR) is 83.0 cm³/mol. The number of piperidine rings is 1. The molecule has 2 heterocycles. The summed E-state index contributed by atoms with van der Waals surface area (Å²) >= 11 is 0. The lowest BCUT2D eigenvalue weighted by Crippen LogP contribution is -2.45. The van der Waals surface area contributed by atoms with Crippen molar-refractivity contribution >= 4 is 11.8 Å². The molecule has 1 aliphatic rings. The molecule has 1 fully saturated rings. The number of carbonyl (C=O) groups excluding carboxylic acids is 2. The van der Waals surface area contributed by atoms with E-state index in [4.69, 9.17) is 5.73 Å². The number of aromatic nitrogens is 2. The summed E-state index contributed by atoms with van der Waals surface area (Å²) in [5, 5.41) is 0. The van der Waals surface area contributed by atoms with Crippen LogP contribution in [0.4, 0.5) is 0 Å². The summed E-state index contributed by atoms with van der Waals surface area (Å²) in [5.74, 6) is 0.00483. The third-order valence-electron chi connectivity index (χ3n) is 3.92.